The molecule has 1 atom stereocenters. The van der Waals surface area contributed by atoms with Crippen molar-refractivity contribution in [3.63, 3.8) is 0 Å². The van der Waals surface area contributed by atoms with Gasteiger partial charge in [-0.1, -0.05) is 35.0 Å². The van der Waals surface area contributed by atoms with E-state index in [0.29, 0.717) is 6.04 Å². The van der Waals surface area contributed by atoms with Crippen molar-refractivity contribution in [2.75, 3.05) is 6.54 Å². The number of benzene rings is 1. The molecule has 0 bridgehead atoms. The molecule has 3 heteroatoms. The second-order valence-electron chi connectivity index (χ2n) is 5.25. The van der Waals surface area contributed by atoms with Gasteiger partial charge in [0.1, 0.15) is 0 Å². The summed E-state index contributed by atoms with van der Waals surface area (Å²) >= 11 is 5.43. The van der Waals surface area contributed by atoms with E-state index < -0.39 is 0 Å². The number of halogens is 1. The van der Waals surface area contributed by atoms with Crippen molar-refractivity contribution < 1.29 is 0 Å². The summed E-state index contributed by atoms with van der Waals surface area (Å²) in [6.45, 7) is 7.52. The van der Waals surface area contributed by atoms with Crippen molar-refractivity contribution in [1.82, 2.24) is 5.32 Å². The van der Waals surface area contributed by atoms with E-state index in [1.54, 1.807) is 11.3 Å². The van der Waals surface area contributed by atoms with Gasteiger partial charge in [0, 0.05) is 10.5 Å². The van der Waals surface area contributed by atoms with E-state index in [9.17, 15) is 0 Å². The second-order valence-corrected chi connectivity index (χ2v) is 6.82. The third kappa shape index (κ3) is 3.94. The van der Waals surface area contributed by atoms with Gasteiger partial charge in [-0.2, -0.15) is 11.3 Å². The SMILES string of the molecule is CCNC(CCc1ccsc1)c1cc(C)c(Br)c(C)c1. The molecular weight excluding hydrogens is 330 g/mol. The van der Waals surface area contributed by atoms with Crippen LogP contribution in [-0.2, 0) is 6.42 Å². The largest absolute Gasteiger partial charge is 0.310 e. The van der Waals surface area contributed by atoms with E-state index in [1.165, 1.54) is 26.7 Å². The van der Waals surface area contributed by atoms with Gasteiger partial charge in [-0.3, -0.25) is 0 Å². The minimum atomic E-state index is 0.436. The molecule has 0 amide bonds. The molecule has 108 valence electrons. The summed E-state index contributed by atoms with van der Waals surface area (Å²) in [6, 6.07) is 7.27. The predicted molar refractivity (Wildman–Crippen MR) is 92.7 cm³/mol. The van der Waals surface area contributed by atoms with Crippen molar-refractivity contribution in [1.29, 1.82) is 0 Å². The zero-order valence-electron chi connectivity index (χ0n) is 12.4. The number of nitrogens with one attached hydrogen (secondary N) is 1. The van der Waals surface area contributed by atoms with Crippen LogP contribution in [0.25, 0.3) is 0 Å². The minimum Gasteiger partial charge on any atom is -0.310 e. The third-order valence-electron chi connectivity index (χ3n) is 3.61. The lowest BCUT2D eigenvalue weighted by Crippen LogP contribution is -2.21. The predicted octanol–water partition coefficient (Wildman–Crippen LogP) is 5.41. The average Bonchev–Trinajstić information content (AvgIpc) is 2.93. The van der Waals surface area contributed by atoms with E-state index in [-0.39, 0.29) is 0 Å². The van der Waals surface area contributed by atoms with E-state index in [0.717, 1.165) is 19.4 Å². The maximum Gasteiger partial charge on any atom is 0.0323 e. The summed E-state index contributed by atoms with van der Waals surface area (Å²) in [5, 5.41) is 8.03. The van der Waals surface area contributed by atoms with Crippen molar-refractivity contribution >= 4 is 27.3 Å². The highest BCUT2D eigenvalue weighted by Crippen LogP contribution is 2.28. The molecule has 1 aromatic carbocycles. The van der Waals surface area contributed by atoms with Crippen LogP contribution in [-0.4, -0.2) is 6.54 Å². The molecule has 0 spiro atoms. The summed E-state index contributed by atoms with van der Waals surface area (Å²) in [5.41, 5.74) is 5.49. The fourth-order valence-corrected chi connectivity index (χ4v) is 3.49. The fourth-order valence-electron chi connectivity index (χ4n) is 2.56. The van der Waals surface area contributed by atoms with Crippen LogP contribution in [0.15, 0.2) is 33.4 Å². The molecule has 20 heavy (non-hydrogen) atoms. The van der Waals surface area contributed by atoms with Gasteiger partial charge in [0.2, 0.25) is 0 Å². The Hall–Kier alpha value is -0.640. The van der Waals surface area contributed by atoms with Crippen LogP contribution in [0.5, 0.6) is 0 Å². The first-order valence-corrected chi connectivity index (χ1v) is 8.86. The molecule has 0 saturated carbocycles. The van der Waals surface area contributed by atoms with E-state index in [2.05, 4.69) is 71.0 Å². The van der Waals surface area contributed by atoms with Gasteiger partial charge in [0.25, 0.3) is 0 Å². The number of hydrogen-bond acceptors (Lipinski definition) is 2. The molecular formula is C17H22BrNS. The Morgan fingerprint density at radius 1 is 1.25 bits per heavy atom. The van der Waals surface area contributed by atoms with Crippen molar-refractivity contribution in [3.05, 3.63) is 55.7 Å². The molecule has 0 saturated heterocycles. The van der Waals surface area contributed by atoms with Crippen LogP contribution in [0, 0.1) is 13.8 Å². The zero-order valence-corrected chi connectivity index (χ0v) is 14.8. The lowest BCUT2D eigenvalue weighted by atomic mass is 9.96. The first-order valence-electron chi connectivity index (χ1n) is 7.13. The van der Waals surface area contributed by atoms with Gasteiger partial charge >= 0.3 is 0 Å². The van der Waals surface area contributed by atoms with Crippen LogP contribution in [0.3, 0.4) is 0 Å². The molecule has 0 aliphatic heterocycles. The number of aryl methyl sites for hydroxylation is 3. The Bertz CT molecular complexity index is 525. The molecule has 1 nitrogen and oxygen atoms in total. The van der Waals surface area contributed by atoms with E-state index in [4.69, 9.17) is 0 Å². The van der Waals surface area contributed by atoms with Crippen LogP contribution < -0.4 is 5.32 Å². The lowest BCUT2D eigenvalue weighted by molar-refractivity contribution is 0.515. The third-order valence-corrected chi connectivity index (χ3v) is 5.60. The molecule has 2 aromatic rings. The number of hydrogen-bond donors (Lipinski definition) is 1. The monoisotopic (exact) mass is 351 g/mol. The summed E-state index contributed by atoms with van der Waals surface area (Å²) in [6.07, 6.45) is 2.28. The van der Waals surface area contributed by atoms with Crippen molar-refractivity contribution in [2.24, 2.45) is 0 Å². The Morgan fingerprint density at radius 2 is 1.95 bits per heavy atom. The van der Waals surface area contributed by atoms with Crippen LogP contribution in [0.1, 0.15) is 41.6 Å². The van der Waals surface area contributed by atoms with Crippen LogP contribution in [0.2, 0.25) is 0 Å². The highest BCUT2D eigenvalue weighted by molar-refractivity contribution is 9.10. The summed E-state index contributed by atoms with van der Waals surface area (Å²) in [5.74, 6) is 0. The van der Waals surface area contributed by atoms with E-state index >= 15 is 0 Å². The molecule has 1 aromatic heterocycles. The van der Waals surface area contributed by atoms with Gasteiger partial charge in [-0.15, -0.1) is 0 Å². The Labute approximate surface area is 134 Å². The van der Waals surface area contributed by atoms with E-state index in [1.807, 2.05) is 0 Å². The van der Waals surface area contributed by atoms with Gasteiger partial charge in [0.15, 0.2) is 0 Å². The maximum atomic E-state index is 3.65. The molecule has 2 rings (SSSR count). The molecule has 1 unspecified atom stereocenters. The summed E-state index contributed by atoms with van der Waals surface area (Å²) in [7, 11) is 0. The molecule has 0 aliphatic carbocycles. The highest BCUT2D eigenvalue weighted by atomic mass is 79.9. The topological polar surface area (TPSA) is 12.0 Å². The minimum absolute atomic E-state index is 0.436. The maximum absolute atomic E-state index is 3.65. The quantitative estimate of drug-likeness (QED) is 0.733. The molecule has 1 heterocycles. The Balaban J connectivity index is 2.15. The molecule has 1 N–H and O–H groups in total. The molecule has 0 aliphatic rings. The van der Waals surface area contributed by atoms with Crippen molar-refractivity contribution in [3.8, 4) is 0 Å². The van der Waals surface area contributed by atoms with Crippen LogP contribution in [0.4, 0.5) is 0 Å². The standard InChI is InChI=1S/C17H22BrNS/c1-4-19-16(6-5-14-7-8-20-11-14)15-9-12(2)17(18)13(3)10-15/h7-11,16,19H,4-6H2,1-3H3. The molecule has 0 fully saturated rings. The Kier molecular flexibility index (Phi) is 5.82. The average molecular weight is 352 g/mol. The number of thiophene rings is 1. The van der Waals surface area contributed by atoms with Gasteiger partial charge in [-0.05, 0) is 72.3 Å². The first kappa shape index (κ1) is 15.7. The Morgan fingerprint density at radius 3 is 2.50 bits per heavy atom. The van der Waals surface area contributed by atoms with Gasteiger partial charge in [0.05, 0.1) is 0 Å². The zero-order chi connectivity index (χ0) is 14.5. The highest BCUT2D eigenvalue weighted by Gasteiger charge is 2.13. The lowest BCUT2D eigenvalue weighted by Gasteiger charge is -2.20. The van der Waals surface area contributed by atoms with Crippen molar-refractivity contribution in [2.45, 2.75) is 39.7 Å². The van der Waals surface area contributed by atoms with Gasteiger partial charge in [-0.25, -0.2) is 0 Å². The smallest absolute Gasteiger partial charge is 0.0323 e. The summed E-state index contributed by atoms with van der Waals surface area (Å²) in [4.78, 5) is 0. The second kappa shape index (κ2) is 7.39. The normalized spacial score (nSPS) is 12.6. The first-order chi connectivity index (χ1) is 9.61. The van der Waals surface area contributed by atoms with Gasteiger partial charge < -0.3 is 5.32 Å². The fraction of sp³-hybridized carbons (Fsp3) is 0.412. The summed E-state index contributed by atoms with van der Waals surface area (Å²) < 4.78 is 1.23. The molecule has 0 radical (unpaired) electrons. The number of rotatable bonds is 6. The van der Waals surface area contributed by atoms with Crippen LogP contribution >= 0.6 is 27.3 Å².